The van der Waals surface area contributed by atoms with E-state index < -0.39 is 0 Å². The van der Waals surface area contributed by atoms with Crippen LogP contribution in [0.4, 0.5) is 0 Å². The van der Waals surface area contributed by atoms with Crippen LogP contribution < -0.4 is 11.5 Å². The summed E-state index contributed by atoms with van der Waals surface area (Å²) >= 11 is 0. The van der Waals surface area contributed by atoms with Crippen molar-refractivity contribution >= 4 is 6.21 Å². The molecule has 0 aromatic heterocycles. The molecule has 0 saturated carbocycles. The van der Waals surface area contributed by atoms with Crippen LogP contribution in [0.2, 0.25) is 0 Å². The van der Waals surface area contributed by atoms with E-state index in [1.807, 2.05) is 6.21 Å². The number of nitrogens with two attached hydrogens (primary N) is 2. The summed E-state index contributed by atoms with van der Waals surface area (Å²) in [5.41, 5.74) is 10.7. The summed E-state index contributed by atoms with van der Waals surface area (Å²) in [6.45, 7) is 4.54. The number of hydrogen-bond acceptors (Lipinski definition) is 3. The van der Waals surface area contributed by atoms with E-state index in [0.717, 1.165) is 38.9 Å². The van der Waals surface area contributed by atoms with Crippen LogP contribution >= 0.6 is 0 Å². The van der Waals surface area contributed by atoms with Gasteiger partial charge in [0.05, 0.1) is 0 Å². The Kier molecular flexibility index (Phi) is 8.39. The van der Waals surface area contributed by atoms with Crippen molar-refractivity contribution in [2.24, 2.45) is 22.4 Å². The molecule has 4 N–H and O–H groups in total. The molecule has 72 valence electrons. The van der Waals surface area contributed by atoms with Gasteiger partial charge in [-0.3, -0.25) is 4.99 Å². The third-order valence-electron chi connectivity index (χ3n) is 1.71. The summed E-state index contributed by atoms with van der Waals surface area (Å²) in [5.74, 6) is 0.561. The second-order valence-corrected chi connectivity index (χ2v) is 3.11. The molecule has 0 aliphatic heterocycles. The maximum atomic E-state index is 5.39. The van der Waals surface area contributed by atoms with Crippen LogP contribution in [0.25, 0.3) is 0 Å². The largest absolute Gasteiger partial charge is 0.330 e. The minimum Gasteiger partial charge on any atom is -0.330 e. The lowest BCUT2D eigenvalue weighted by Crippen LogP contribution is -2.04. The van der Waals surface area contributed by atoms with E-state index in [0.29, 0.717) is 5.92 Å². The van der Waals surface area contributed by atoms with E-state index in [1.165, 1.54) is 0 Å². The summed E-state index contributed by atoms with van der Waals surface area (Å²) in [7, 11) is 0. The van der Waals surface area contributed by atoms with Crippen LogP contribution in [0.15, 0.2) is 4.99 Å². The number of nitrogens with zero attached hydrogens (tertiary/aromatic N) is 1. The highest BCUT2D eigenvalue weighted by Crippen LogP contribution is 2.00. The normalized spacial score (nSPS) is 13.9. The molecule has 1 atom stereocenters. The Morgan fingerprint density at radius 2 is 1.92 bits per heavy atom. The van der Waals surface area contributed by atoms with Gasteiger partial charge in [0.15, 0.2) is 0 Å². The lowest BCUT2D eigenvalue weighted by atomic mass is 10.1. The van der Waals surface area contributed by atoms with Crippen molar-refractivity contribution in [1.82, 2.24) is 0 Å². The molecule has 0 aliphatic carbocycles. The minimum atomic E-state index is 0.561. The minimum absolute atomic E-state index is 0.561. The Hall–Kier alpha value is -0.410. The molecule has 0 aromatic carbocycles. The molecule has 0 amide bonds. The molecule has 0 fully saturated rings. The first kappa shape index (κ1) is 11.6. The molecule has 0 aromatic rings. The maximum absolute atomic E-state index is 5.39. The van der Waals surface area contributed by atoms with Gasteiger partial charge >= 0.3 is 0 Å². The average molecular weight is 171 g/mol. The first-order valence-corrected chi connectivity index (χ1v) is 4.71. The van der Waals surface area contributed by atoms with E-state index in [4.69, 9.17) is 11.5 Å². The first-order valence-electron chi connectivity index (χ1n) is 4.71. The van der Waals surface area contributed by atoms with Gasteiger partial charge in [-0.2, -0.15) is 0 Å². The Labute approximate surface area is 75.2 Å². The predicted octanol–water partition coefficient (Wildman–Crippen LogP) is 0.781. The zero-order valence-corrected chi connectivity index (χ0v) is 8.00. The van der Waals surface area contributed by atoms with Gasteiger partial charge in [0.2, 0.25) is 0 Å². The molecular formula is C9H21N3. The molecule has 1 unspecified atom stereocenters. The van der Waals surface area contributed by atoms with E-state index in [2.05, 4.69) is 11.9 Å². The molecule has 0 aliphatic rings. The van der Waals surface area contributed by atoms with Crippen LogP contribution in [-0.2, 0) is 0 Å². The predicted molar refractivity (Wildman–Crippen MR) is 54.5 cm³/mol. The average Bonchev–Trinajstić information content (AvgIpc) is 2.09. The van der Waals surface area contributed by atoms with Crippen molar-refractivity contribution in [1.29, 1.82) is 0 Å². The summed E-state index contributed by atoms with van der Waals surface area (Å²) in [6, 6.07) is 0. The molecule has 12 heavy (non-hydrogen) atoms. The Morgan fingerprint density at radius 3 is 2.50 bits per heavy atom. The zero-order chi connectivity index (χ0) is 9.23. The van der Waals surface area contributed by atoms with Crippen LogP contribution in [0, 0.1) is 5.92 Å². The molecule has 0 saturated heterocycles. The van der Waals surface area contributed by atoms with E-state index in [-0.39, 0.29) is 0 Å². The fourth-order valence-electron chi connectivity index (χ4n) is 0.951. The molecule has 0 radical (unpaired) electrons. The van der Waals surface area contributed by atoms with Gasteiger partial charge in [0, 0.05) is 12.8 Å². The van der Waals surface area contributed by atoms with Crippen molar-refractivity contribution < 1.29 is 0 Å². The van der Waals surface area contributed by atoms with Crippen molar-refractivity contribution in [2.75, 3.05) is 19.6 Å². The SMILES string of the molecule is CC(C=NCCCN)CCCN. The van der Waals surface area contributed by atoms with Crippen molar-refractivity contribution in [3.05, 3.63) is 0 Å². The lowest BCUT2D eigenvalue weighted by molar-refractivity contribution is 0.648. The molecule has 3 heteroatoms. The first-order chi connectivity index (χ1) is 5.81. The van der Waals surface area contributed by atoms with Gasteiger partial charge in [-0.05, 0) is 38.3 Å². The second-order valence-electron chi connectivity index (χ2n) is 3.11. The molecule has 0 rings (SSSR count). The quantitative estimate of drug-likeness (QED) is 0.439. The Morgan fingerprint density at radius 1 is 1.25 bits per heavy atom. The number of aliphatic imine (C=N–C) groups is 1. The molecule has 0 heterocycles. The third-order valence-corrected chi connectivity index (χ3v) is 1.71. The standard InChI is InChI=1S/C9H21N3/c1-9(4-2-5-10)8-12-7-3-6-11/h8-9H,2-7,10-11H2,1H3. The van der Waals surface area contributed by atoms with Gasteiger partial charge in [-0.1, -0.05) is 6.92 Å². The summed E-state index contributed by atoms with van der Waals surface area (Å²) in [4.78, 5) is 4.27. The molecular weight excluding hydrogens is 150 g/mol. The number of hydrogen-bond donors (Lipinski definition) is 2. The molecule has 3 nitrogen and oxygen atoms in total. The van der Waals surface area contributed by atoms with Crippen LogP contribution in [-0.4, -0.2) is 25.8 Å². The summed E-state index contributed by atoms with van der Waals surface area (Å²) < 4.78 is 0. The highest BCUT2D eigenvalue weighted by atomic mass is 14.7. The van der Waals surface area contributed by atoms with Gasteiger partial charge in [-0.25, -0.2) is 0 Å². The Bertz CT molecular complexity index is 112. The van der Waals surface area contributed by atoms with Crippen LogP contribution in [0.3, 0.4) is 0 Å². The molecule has 0 spiro atoms. The van der Waals surface area contributed by atoms with Crippen LogP contribution in [0.5, 0.6) is 0 Å². The van der Waals surface area contributed by atoms with Crippen molar-refractivity contribution in [2.45, 2.75) is 26.2 Å². The fourth-order valence-corrected chi connectivity index (χ4v) is 0.951. The molecule has 0 bridgehead atoms. The third kappa shape index (κ3) is 7.69. The Balaban J connectivity index is 3.27. The van der Waals surface area contributed by atoms with Crippen LogP contribution in [0.1, 0.15) is 26.2 Å². The second kappa shape index (κ2) is 8.68. The monoisotopic (exact) mass is 171 g/mol. The number of rotatable bonds is 7. The highest BCUT2D eigenvalue weighted by Gasteiger charge is 1.95. The lowest BCUT2D eigenvalue weighted by Gasteiger charge is -2.02. The zero-order valence-electron chi connectivity index (χ0n) is 8.00. The van der Waals surface area contributed by atoms with Gasteiger partial charge < -0.3 is 11.5 Å². The van der Waals surface area contributed by atoms with E-state index in [9.17, 15) is 0 Å². The summed E-state index contributed by atoms with van der Waals surface area (Å²) in [5, 5.41) is 0. The fraction of sp³-hybridized carbons (Fsp3) is 0.889. The highest BCUT2D eigenvalue weighted by molar-refractivity contribution is 5.59. The van der Waals surface area contributed by atoms with Crippen molar-refractivity contribution in [3.8, 4) is 0 Å². The maximum Gasteiger partial charge on any atom is 0.0397 e. The van der Waals surface area contributed by atoms with E-state index >= 15 is 0 Å². The van der Waals surface area contributed by atoms with Gasteiger partial charge in [0.1, 0.15) is 0 Å². The van der Waals surface area contributed by atoms with Gasteiger partial charge in [0.25, 0.3) is 0 Å². The smallest absolute Gasteiger partial charge is 0.0397 e. The topological polar surface area (TPSA) is 64.4 Å². The van der Waals surface area contributed by atoms with Gasteiger partial charge in [-0.15, -0.1) is 0 Å². The van der Waals surface area contributed by atoms with Crippen molar-refractivity contribution in [3.63, 3.8) is 0 Å². The summed E-state index contributed by atoms with van der Waals surface area (Å²) in [6.07, 6.45) is 5.23. The van der Waals surface area contributed by atoms with E-state index in [1.54, 1.807) is 0 Å².